The van der Waals surface area contributed by atoms with Gasteiger partial charge in [0, 0.05) is 13.1 Å². The third-order valence-corrected chi connectivity index (χ3v) is 3.55. The van der Waals surface area contributed by atoms with Gasteiger partial charge >= 0.3 is 5.97 Å². The molecule has 0 aliphatic carbocycles. The van der Waals surface area contributed by atoms with E-state index in [0.717, 1.165) is 6.42 Å². The highest BCUT2D eigenvalue weighted by molar-refractivity contribution is 5.88. The van der Waals surface area contributed by atoms with Gasteiger partial charge in [-0.3, -0.25) is 4.79 Å². The first kappa shape index (κ1) is 13.0. The third kappa shape index (κ3) is 2.19. The van der Waals surface area contributed by atoms with Crippen LogP contribution in [0.2, 0.25) is 0 Å². The van der Waals surface area contributed by atoms with Crippen molar-refractivity contribution in [1.82, 2.24) is 4.90 Å². The first-order chi connectivity index (χ1) is 7.46. The lowest BCUT2D eigenvalue weighted by Gasteiger charge is -2.32. The van der Waals surface area contributed by atoms with Crippen LogP contribution in [0.1, 0.15) is 33.1 Å². The van der Waals surface area contributed by atoms with Crippen LogP contribution in [0.5, 0.6) is 0 Å². The fourth-order valence-electron chi connectivity index (χ4n) is 2.00. The van der Waals surface area contributed by atoms with Gasteiger partial charge in [0.25, 0.3) is 0 Å². The standard InChI is InChI=1S/C11H20N2O3/c1-3-11(2,7-12)10(16)13-6-4-5-8(13)9(14)15/h8H,3-7,12H2,1-2H3,(H,14,15)/t8-,11?/m0/s1. The van der Waals surface area contributed by atoms with Gasteiger partial charge in [-0.2, -0.15) is 0 Å². The Morgan fingerprint density at radius 1 is 1.56 bits per heavy atom. The third-order valence-electron chi connectivity index (χ3n) is 3.55. The van der Waals surface area contributed by atoms with E-state index in [9.17, 15) is 9.59 Å². The summed E-state index contributed by atoms with van der Waals surface area (Å²) in [7, 11) is 0. The summed E-state index contributed by atoms with van der Waals surface area (Å²) in [6.07, 6.45) is 1.93. The van der Waals surface area contributed by atoms with Crippen LogP contribution in [0.15, 0.2) is 0 Å². The maximum absolute atomic E-state index is 12.2. The highest BCUT2D eigenvalue weighted by atomic mass is 16.4. The van der Waals surface area contributed by atoms with Crippen molar-refractivity contribution in [3.8, 4) is 0 Å². The molecule has 92 valence electrons. The largest absolute Gasteiger partial charge is 0.480 e. The van der Waals surface area contributed by atoms with Crippen molar-refractivity contribution < 1.29 is 14.7 Å². The van der Waals surface area contributed by atoms with Crippen LogP contribution < -0.4 is 5.73 Å². The van der Waals surface area contributed by atoms with Crippen molar-refractivity contribution in [1.29, 1.82) is 0 Å². The van der Waals surface area contributed by atoms with Gasteiger partial charge in [-0.15, -0.1) is 0 Å². The number of rotatable bonds is 4. The minimum atomic E-state index is -0.915. The number of carbonyl (C=O) groups excluding carboxylic acids is 1. The van der Waals surface area contributed by atoms with Crippen LogP contribution in [0.25, 0.3) is 0 Å². The molecule has 1 aliphatic heterocycles. The molecule has 16 heavy (non-hydrogen) atoms. The molecule has 1 rings (SSSR count). The van der Waals surface area contributed by atoms with Gasteiger partial charge in [0.05, 0.1) is 5.41 Å². The van der Waals surface area contributed by atoms with Crippen molar-refractivity contribution in [3.05, 3.63) is 0 Å². The van der Waals surface area contributed by atoms with Crippen molar-refractivity contribution in [2.45, 2.75) is 39.2 Å². The van der Waals surface area contributed by atoms with E-state index in [1.165, 1.54) is 4.90 Å². The zero-order chi connectivity index (χ0) is 12.3. The molecule has 2 atom stereocenters. The molecular weight excluding hydrogens is 208 g/mol. The molecule has 0 aromatic rings. The summed E-state index contributed by atoms with van der Waals surface area (Å²) in [6.45, 7) is 4.49. The number of aliphatic carboxylic acids is 1. The van der Waals surface area contributed by atoms with Crippen molar-refractivity contribution in [2.24, 2.45) is 11.1 Å². The SMILES string of the molecule is CCC(C)(CN)C(=O)N1CCC[C@H]1C(=O)O. The summed E-state index contributed by atoms with van der Waals surface area (Å²) in [4.78, 5) is 24.7. The molecular formula is C11H20N2O3. The van der Waals surface area contributed by atoms with E-state index < -0.39 is 17.4 Å². The maximum atomic E-state index is 12.2. The Morgan fingerprint density at radius 3 is 2.62 bits per heavy atom. The molecule has 0 saturated carbocycles. The van der Waals surface area contributed by atoms with Gasteiger partial charge in [-0.05, 0) is 26.2 Å². The Morgan fingerprint density at radius 2 is 2.19 bits per heavy atom. The molecule has 0 bridgehead atoms. The van der Waals surface area contributed by atoms with Crippen LogP contribution in [-0.4, -0.2) is 41.0 Å². The molecule has 0 aromatic carbocycles. The maximum Gasteiger partial charge on any atom is 0.326 e. The molecule has 5 heteroatoms. The summed E-state index contributed by atoms with van der Waals surface area (Å²) in [6, 6.07) is -0.662. The van der Waals surface area contributed by atoms with Crippen LogP contribution in [0, 0.1) is 5.41 Å². The molecule has 0 aromatic heterocycles. The second kappa shape index (κ2) is 4.82. The van der Waals surface area contributed by atoms with E-state index >= 15 is 0 Å². The molecule has 3 N–H and O–H groups in total. The number of hydrogen-bond donors (Lipinski definition) is 2. The zero-order valence-electron chi connectivity index (χ0n) is 9.90. The molecule has 1 unspecified atom stereocenters. The van der Waals surface area contributed by atoms with Crippen LogP contribution in [-0.2, 0) is 9.59 Å². The monoisotopic (exact) mass is 228 g/mol. The Bertz CT molecular complexity index is 287. The van der Waals surface area contributed by atoms with Gasteiger partial charge in [-0.25, -0.2) is 4.79 Å². The second-order valence-corrected chi connectivity index (χ2v) is 4.61. The number of nitrogens with zero attached hydrogens (tertiary/aromatic N) is 1. The van der Waals surface area contributed by atoms with Crippen LogP contribution in [0.4, 0.5) is 0 Å². The summed E-state index contributed by atoms with van der Waals surface area (Å²) in [5, 5.41) is 9.02. The number of carboxylic acid groups (broad SMARTS) is 1. The van der Waals surface area contributed by atoms with Gasteiger partial charge in [0.1, 0.15) is 6.04 Å². The fraction of sp³-hybridized carbons (Fsp3) is 0.818. The zero-order valence-corrected chi connectivity index (χ0v) is 9.90. The van der Waals surface area contributed by atoms with Gasteiger partial charge in [0.2, 0.25) is 5.91 Å². The van der Waals surface area contributed by atoms with E-state index in [4.69, 9.17) is 10.8 Å². The van der Waals surface area contributed by atoms with E-state index in [-0.39, 0.29) is 12.5 Å². The lowest BCUT2D eigenvalue weighted by atomic mass is 9.86. The number of carbonyl (C=O) groups is 2. The van der Waals surface area contributed by atoms with Crippen molar-refractivity contribution in [3.63, 3.8) is 0 Å². The predicted molar refractivity (Wildman–Crippen MR) is 59.8 cm³/mol. The quantitative estimate of drug-likeness (QED) is 0.731. The minimum Gasteiger partial charge on any atom is -0.480 e. The number of nitrogens with two attached hydrogens (primary N) is 1. The van der Waals surface area contributed by atoms with Gasteiger partial charge in [-0.1, -0.05) is 6.92 Å². The minimum absolute atomic E-state index is 0.123. The molecule has 1 fully saturated rings. The number of likely N-dealkylation sites (tertiary alicyclic amines) is 1. The smallest absolute Gasteiger partial charge is 0.326 e. The van der Waals surface area contributed by atoms with Gasteiger partial charge in [0.15, 0.2) is 0 Å². The summed E-state index contributed by atoms with van der Waals surface area (Å²) < 4.78 is 0. The Balaban J connectivity index is 2.84. The van der Waals surface area contributed by atoms with Gasteiger partial charge < -0.3 is 15.7 Å². The topological polar surface area (TPSA) is 83.6 Å². The van der Waals surface area contributed by atoms with E-state index in [1.54, 1.807) is 6.92 Å². The molecule has 1 saturated heterocycles. The highest BCUT2D eigenvalue weighted by Gasteiger charge is 2.41. The lowest BCUT2D eigenvalue weighted by molar-refractivity contribution is -0.152. The molecule has 0 spiro atoms. The molecule has 1 heterocycles. The summed E-state index contributed by atoms with van der Waals surface area (Å²) in [5.74, 6) is -1.04. The van der Waals surface area contributed by atoms with Crippen LogP contribution >= 0.6 is 0 Å². The fourth-order valence-corrected chi connectivity index (χ4v) is 2.00. The Kier molecular flexibility index (Phi) is 3.91. The normalized spacial score (nSPS) is 24.2. The number of amides is 1. The molecule has 5 nitrogen and oxygen atoms in total. The lowest BCUT2D eigenvalue weighted by Crippen LogP contribution is -2.50. The average Bonchev–Trinajstić information content (AvgIpc) is 2.75. The average molecular weight is 228 g/mol. The predicted octanol–water partition coefficient (Wildman–Crippen LogP) is 0.437. The first-order valence-corrected chi connectivity index (χ1v) is 5.70. The van der Waals surface area contributed by atoms with Crippen LogP contribution in [0.3, 0.4) is 0 Å². The van der Waals surface area contributed by atoms with Crippen molar-refractivity contribution in [2.75, 3.05) is 13.1 Å². The molecule has 1 aliphatic rings. The number of hydrogen-bond acceptors (Lipinski definition) is 3. The molecule has 0 radical (unpaired) electrons. The Hall–Kier alpha value is -1.10. The van der Waals surface area contributed by atoms with E-state index in [2.05, 4.69) is 0 Å². The van der Waals surface area contributed by atoms with Crippen molar-refractivity contribution >= 4 is 11.9 Å². The Labute approximate surface area is 95.6 Å². The first-order valence-electron chi connectivity index (χ1n) is 5.70. The molecule has 1 amide bonds. The summed E-state index contributed by atoms with van der Waals surface area (Å²) in [5.41, 5.74) is 4.99. The summed E-state index contributed by atoms with van der Waals surface area (Å²) >= 11 is 0. The van der Waals surface area contributed by atoms with E-state index in [0.29, 0.717) is 19.4 Å². The number of carboxylic acids is 1. The van der Waals surface area contributed by atoms with E-state index in [1.807, 2.05) is 6.92 Å². The second-order valence-electron chi connectivity index (χ2n) is 4.61. The highest BCUT2D eigenvalue weighted by Crippen LogP contribution is 2.28.